The molecule has 4 N–H and O–H groups in total. The zero-order chi connectivity index (χ0) is 44.1. The Morgan fingerprint density at radius 3 is 1.55 bits per heavy atom. The molecule has 1 aliphatic heterocycles. The van der Waals surface area contributed by atoms with Crippen LogP contribution in [-0.2, 0) is 38.7 Å². The van der Waals surface area contributed by atoms with E-state index < -0.39 is 71.2 Å². The molecule has 0 amide bonds. The number of carbonyl (C=O) groups excluding carboxylic acids is 2. The summed E-state index contributed by atoms with van der Waals surface area (Å²) in [5, 5.41) is 30.9. The third kappa shape index (κ3) is 31.2. The van der Waals surface area contributed by atoms with Crippen molar-refractivity contribution in [3.05, 3.63) is 60.8 Å². The summed E-state index contributed by atoms with van der Waals surface area (Å²) in [6.07, 6.45) is 35.5. The van der Waals surface area contributed by atoms with Crippen molar-refractivity contribution in [2.45, 2.75) is 205 Å². The molecule has 0 aromatic rings. The second-order valence-electron chi connectivity index (χ2n) is 15.7. The normalized spacial score (nSPS) is 20.7. The molecule has 1 aliphatic rings. The van der Waals surface area contributed by atoms with Crippen LogP contribution in [-0.4, -0.2) is 96.0 Å². The second-order valence-corrected chi connectivity index (χ2v) is 17.2. The van der Waals surface area contributed by atoms with Gasteiger partial charge in [0.2, 0.25) is 0 Å². The molecule has 1 fully saturated rings. The van der Waals surface area contributed by atoms with Crippen molar-refractivity contribution < 1.29 is 56.8 Å². The molecule has 0 radical (unpaired) electrons. The summed E-state index contributed by atoms with van der Waals surface area (Å²) in [6, 6.07) is 0. The van der Waals surface area contributed by atoms with E-state index in [9.17, 15) is 37.9 Å². The number of esters is 2. The van der Waals surface area contributed by atoms with Gasteiger partial charge in [-0.3, -0.25) is 14.1 Å². The fourth-order valence-electron chi connectivity index (χ4n) is 6.48. The van der Waals surface area contributed by atoms with E-state index in [0.717, 1.165) is 70.6 Å². The van der Waals surface area contributed by atoms with Crippen LogP contribution in [0.4, 0.5) is 0 Å². The number of unbranched alkanes of at least 4 members (excludes halogenated alkanes) is 15. The minimum atomic E-state index is -4.61. The average molecular weight is 869 g/mol. The fraction of sp³-hybridized carbons (Fsp3) is 0.745. The van der Waals surface area contributed by atoms with Crippen LogP contribution in [0.3, 0.4) is 0 Å². The molecular weight excluding hydrogens is 789 g/mol. The first-order chi connectivity index (χ1) is 29.0. The van der Waals surface area contributed by atoms with Gasteiger partial charge in [0, 0.05) is 12.8 Å². The summed E-state index contributed by atoms with van der Waals surface area (Å²) in [6.45, 7) is 3.67. The molecule has 1 rings (SSSR count). The molecule has 346 valence electrons. The smallest absolute Gasteiger partial charge is 0.306 e. The van der Waals surface area contributed by atoms with Crippen molar-refractivity contribution in [2.24, 2.45) is 0 Å². The van der Waals surface area contributed by atoms with E-state index in [-0.39, 0.29) is 19.4 Å². The molecule has 0 spiro atoms. The number of rotatable bonds is 37. The lowest BCUT2D eigenvalue weighted by Gasteiger charge is -2.40. The van der Waals surface area contributed by atoms with Crippen LogP contribution in [0.5, 0.6) is 0 Å². The number of allylic oxidation sites excluding steroid dienone is 10. The third-order valence-electron chi connectivity index (χ3n) is 10.1. The lowest BCUT2D eigenvalue weighted by molar-refractivity contribution is -0.297. The first kappa shape index (κ1) is 55.4. The van der Waals surface area contributed by atoms with Crippen molar-refractivity contribution >= 4 is 22.1 Å². The van der Waals surface area contributed by atoms with Crippen LogP contribution in [0.2, 0.25) is 0 Å². The topological polar surface area (TPSA) is 186 Å². The highest BCUT2D eigenvalue weighted by atomic mass is 32.2. The zero-order valence-electron chi connectivity index (χ0n) is 36.8. The van der Waals surface area contributed by atoms with Crippen LogP contribution in [0.1, 0.15) is 168 Å². The fourth-order valence-corrected chi connectivity index (χ4v) is 7.17. The molecule has 0 saturated carbocycles. The maximum absolute atomic E-state index is 12.8. The molecule has 13 heteroatoms. The number of carbonyl (C=O) groups is 2. The van der Waals surface area contributed by atoms with Gasteiger partial charge in [-0.2, -0.15) is 8.42 Å². The number of hydrogen-bond acceptors (Lipinski definition) is 11. The highest BCUT2D eigenvalue weighted by Gasteiger charge is 2.46. The average Bonchev–Trinajstić information content (AvgIpc) is 3.21. The van der Waals surface area contributed by atoms with Crippen LogP contribution in [0, 0.1) is 0 Å². The Labute approximate surface area is 362 Å². The van der Waals surface area contributed by atoms with Crippen LogP contribution < -0.4 is 0 Å². The number of ether oxygens (including phenoxy) is 4. The summed E-state index contributed by atoms with van der Waals surface area (Å²) in [4.78, 5) is 25.4. The summed E-state index contributed by atoms with van der Waals surface area (Å²) in [5.74, 6) is -2.06. The van der Waals surface area contributed by atoms with Gasteiger partial charge in [0.1, 0.15) is 36.8 Å². The van der Waals surface area contributed by atoms with E-state index in [4.69, 9.17) is 18.9 Å². The van der Waals surface area contributed by atoms with Crippen molar-refractivity contribution in [1.29, 1.82) is 0 Å². The molecule has 1 saturated heterocycles. The van der Waals surface area contributed by atoms with Gasteiger partial charge in [-0.25, -0.2) is 0 Å². The molecular formula is C47H80O12S. The van der Waals surface area contributed by atoms with Gasteiger partial charge in [-0.05, 0) is 83.5 Å². The predicted molar refractivity (Wildman–Crippen MR) is 238 cm³/mol. The Balaban J connectivity index is 2.49. The van der Waals surface area contributed by atoms with Crippen LogP contribution in [0.15, 0.2) is 60.8 Å². The minimum Gasteiger partial charge on any atom is -0.462 e. The number of aliphatic hydroxyl groups is 3. The van der Waals surface area contributed by atoms with Gasteiger partial charge < -0.3 is 34.3 Å². The Hall–Kier alpha value is -2.65. The first-order valence-electron chi connectivity index (χ1n) is 22.8. The quantitative estimate of drug-likeness (QED) is 0.0201. The lowest BCUT2D eigenvalue weighted by atomic mass is 10.00. The third-order valence-corrected chi connectivity index (χ3v) is 10.8. The molecule has 0 aromatic heterocycles. The van der Waals surface area contributed by atoms with E-state index in [1.165, 1.54) is 57.8 Å². The van der Waals surface area contributed by atoms with Gasteiger partial charge in [0.05, 0.1) is 6.61 Å². The van der Waals surface area contributed by atoms with Gasteiger partial charge in [-0.1, -0.05) is 132 Å². The van der Waals surface area contributed by atoms with E-state index in [1.807, 2.05) is 0 Å². The maximum atomic E-state index is 12.8. The minimum absolute atomic E-state index is 0.114. The summed E-state index contributed by atoms with van der Waals surface area (Å²) < 4.78 is 54.0. The Morgan fingerprint density at radius 2 is 1.00 bits per heavy atom. The molecule has 1 heterocycles. The van der Waals surface area contributed by atoms with Gasteiger partial charge >= 0.3 is 11.9 Å². The maximum Gasteiger partial charge on any atom is 0.306 e. The summed E-state index contributed by atoms with van der Waals surface area (Å²) in [7, 11) is -4.61. The molecule has 0 aromatic carbocycles. The molecule has 2 unspecified atom stereocenters. The summed E-state index contributed by atoms with van der Waals surface area (Å²) in [5.41, 5.74) is 0. The standard InChI is InChI=1S/C47H80O12S/c1-3-5-7-9-11-13-15-17-19-20-22-23-25-27-29-31-33-35-42(48)56-37-40(38-57-47-46(52)45(51)44(50)41(59-47)39-60(53,54)55)58-43(49)36-34-32-30-28-26-24-21-18-16-14-12-10-8-6-4-2/h11,13,17-19,21-23,26,28,40-41,44-47,50-52H,3-10,12,14-16,20,24-25,27,29-39H2,1-2H3,(H,53,54,55)/b13-11+,19-17+,21-18+,23-22+,28-26+/t40-,41-,44-,45?,46?,47+/m1/s1. The van der Waals surface area contributed by atoms with Gasteiger partial charge in [0.25, 0.3) is 10.1 Å². The molecule has 12 nitrogen and oxygen atoms in total. The molecule has 6 atom stereocenters. The first-order valence-corrected chi connectivity index (χ1v) is 24.5. The van der Waals surface area contributed by atoms with Crippen molar-refractivity contribution in [2.75, 3.05) is 19.0 Å². The molecule has 60 heavy (non-hydrogen) atoms. The van der Waals surface area contributed by atoms with Crippen LogP contribution >= 0.6 is 0 Å². The predicted octanol–water partition coefficient (Wildman–Crippen LogP) is 9.34. The largest absolute Gasteiger partial charge is 0.462 e. The zero-order valence-corrected chi connectivity index (χ0v) is 37.6. The monoisotopic (exact) mass is 869 g/mol. The number of aliphatic hydroxyl groups excluding tert-OH is 3. The highest BCUT2D eigenvalue weighted by molar-refractivity contribution is 7.85. The highest BCUT2D eigenvalue weighted by Crippen LogP contribution is 2.24. The van der Waals surface area contributed by atoms with Gasteiger partial charge in [0.15, 0.2) is 12.4 Å². The second kappa shape index (κ2) is 37.0. The number of hydrogen-bond donors (Lipinski definition) is 4. The SMILES string of the molecule is CCCCC/C=C/C/C=C/C/C=C/CCCCCCC(=O)OC[C@H](CO[C@H]1O[C@H](CS(=O)(=O)O)[C@@H](O)C(O)C1O)OC(=O)CCCC/C=C/C/C=C/CCCCCCCC. The van der Waals surface area contributed by atoms with Crippen molar-refractivity contribution in [3.8, 4) is 0 Å². The van der Waals surface area contributed by atoms with E-state index in [2.05, 4.69) is 74.6 Å². The molecule has 0 aliphatic carbocycles. The van der Waals surface area contributed by atoms with Crippen molar-refractivity contribution in [3.63, 3.8) is 0 Å². The van der Waals surface area contributed by atoms with Crippen LogP contribution in [0.25, 0.3) is 0 Å². The summed E-state index contributed by atoms with van der Waals surface area (Å²) >= 11 is 0. The molecule has 0 bridgehead atoms. The Bertz CT molecular complexity index is 1340. The Kier molecular flexibility index (Phi) is 34.1. The van der Waals surface area contributed by atoms with E-state index in [1.54, 1.807) is 0 Å². The van der Waals surface area contributed by atoms with Crippen molar-refractivity contribution in [1.82, 2.24) is 0 Å². The Morgan fingerprint density at radius 1 is 0.567 bits per heavy atom. The lowest BCUT2D eigenvalue weighted by Crippen LogP contribution is -2.60. The van der Waals surface area contributed by atoms with E-state index in [0.29, 0.717) is 12.8 Å². The van der Waals surface area contributed by atoms with E-state index >= 15 is 0 Å². The van der Waals surface area contributed by atoms with Gasteiger partial charge in [-0.15, -0.1) is 0 Å².